The molecular weight excluding hydrogens is 337 g/mol. The normalized spacial score (nSPS) is 10.1. The first-order chi connectivity index (χ1) is 7.78. The fraction of sp³-hybridized carbons (Fsp3) is 0.100. The third kappa shape index (κ3) is 3.06. The highest BCUT2D eigenvalue weighted by molar-refractivity contribution is 14.1. The Morgan fingerprint density at radius 3 is 3.06 bits per heavy atom. The van der Waals surface area contributed by atoms with Gasteiger partial charge in [0.1, 0.15) is 12.4 Å². The van der Waals surface area contributed by atoms with Gasteiger partial charge in [-0.15, -0.1) is 0 Å². The van der Waals surface area contributed by atoms with Gasteiger partial charge in [-0.1, -0.05) is 17.4 Å². The molecule has 0 unspecified atom stereocenters. The lowest BCUT2D eigenvalue weighted by molar-refractivity contribution is 0.309. The van der Waals surface area contributed by atoms with Gasteiger partial charge in [-0.25, -0.2) is 10.8 Å². The number of hydrogen-bond donors (Lipinski definition) is 2. The maximum atomic E-state index is 5.63. The van der Waals surface area contributed by atoms with Gasteiger partial charge >= 0.3 is 0 Å². The molecule has 1 aromatic heterocycles. The molecule has 2 rings (SSSR count). The Bertz CT molecular complexity index is 475. The standard InChI is InChI=1S/C10H10IN3OS/c11-7-2-1-3-8(4-7)15-6-9-5-13-10(14-12)16-9/h1-5H,6,12H2,(H,13,14). The molecule has 1 heterocycles. The Morgan fingerprint density at radius 2 is 2.38 bits per heavy atom. The average Bonchev–Trinajstić information content (AvgIpc) is 2.74. The van der Waals surface area contributed by atoms with E-state index in [0.717, 1.165) is 14.2 Å². The number of benzene rings is 1. The summed E-state index contributed by atoms with van der Waals surface area (Å²) in [7, 11) is 0. The van der Waals surface area contributed by atoms with Gasteiger partial charge in [-0.2, -0.15) is 0 Å². The number of nitrogen functional groups attached to an aromatic ring is 1. The minimum absolute atomic E-state index is 0.513. The first-order valence-corrected chi connectivity index (χ1v) is 6.47. The van der Waals surface area contributed by atoms with Crippen molar-refractivity contribution in [3.8, 4) is 5.75 Å². The summed E-state index contributed by atoms with van der Waals surface area (Å²) in [5, 5.41) is 0.696. The highest BCUT2D eigenvalue weighted by atomic mass is 127. The zero-order valence-corrected chi connectivity index (χ0v) is 11.3. The highest BCUT2D eigenvalue weighted by Gasteiger charge is 2.01. The van der Waals surface area contributed by atoms with Crippen LogP contribution in [0.1, 0.15) is 4.88 Å². The van der Waals surface area contributed by atoms with Gasteiger partial charge in [0.25, 0.3) is 0 Å². The quantitative estimate of drug-likeness (QED) is 0.507. The van der Waals surface area contributed by atoms with Crippen molar-refractivity contribution in [2.45, 2.75) is 6.61 Å². The molecular formula is C10H10IN3OS. The summed E-state index contributed by atoms with van der Waals surface area (Å²) in [5.74, 6) is 6.11. The van der Waals surface area contributed by atoms with Crippen LogP contribution in [0.3, 0.4) is 0 Å². The molecule has 4 nitrogen and oxygen atoms in total. The number of ether oxygens (including phenoxy) is 1. The maximum absolute atomic E-state index is 5.63. The first-order valence-electron chi connectivity index (χ1n) is 4.57. The number of nitrogens with zero attached hydrogens (tertiary/aromatic N) is 1. The predicted octanol–water partition coefficient (Wildman–Crippen LogP) is 2.61. The number of nitrogens with one attached hydrogen (secondary N) is 1. The molecule has 16 heavy (non-hydrogen) atoms. The van der Waals surface area contributed by atoms with E-state index in [9.17, 15) is 0 Å². The Kier molecular flexibility index (Phi) is 3.97. The number of halogens is 1. The second-order valence-corrected chi connectivity index (χ2v) is 5.38. The smallest absolute Gasteiger partial charge is 0.197 e. The second-order valence-electron chi connectivity index (χ2n) is 3.02. The largest absolute Gasteiger partial charge is 0.488 e. The third-order valence-corrected chi connectivity index (χ3v) is 3.43. The maximum Gasteiger partial charge on any atom is 0.197 e. The van der Waals surface area contributed by atoms with Crippen LogP contribution >= 0.6 is 33.9 Å². The van der Waals surface area contributed by atoms with Crippen molar-refractivity contribution >= 4 is 39.1 Å². The fourth-order valence-corrected chi connectivity index (χ4v) is 2.30. The van der Waals surface area contributed by atoms with E-state index in [1.54, 1.807) is 6.20 Å². The molecule has 0 atom stereocenters. The van der Waals surface area contributed by atoms with Crippen molar-refractivity contribution in [3.63, 3.8) is 0 Å². The van der Waals surface area contributed by atoms with Gasteiger partial charge < -0.3 is 4.74 Å². The lowest BCUT2D eigenvalue weighted by atomic mass is 10.3. The Labute approximate surface area is 111 Å². The van der Waals surface area contributed by atoms with E-state index in [1.165, 1.54) is 11.3 Å². The number of rotatable bonds is 4. The molecule has 6 heteroatoms. The Morgan fingerprint density at radius 1 is 1.50 bits per heavy atom. The van der Waals surface area contributed by atoms with E-state index in [0.29, 0.717) is 11.7 Å². The van der Waals surface area contributed by atoms with Gasteiger partial charge in [0, 0.05) is 9.77 Å². The lowest BCUT2D eigenvalue weighted by Crippen LogP contribution is -2.05. The fourth-order valence-electron chi connectivity index (χ4n) is 1.15. The molecule has 0 aliphatic rings. The summed E-state index contributed by atoms with van der Waals surface area (Å²) in [4.78, 5) is 5.10. The summed E-state index contributed by atoms with van der Waals surface area (Å²) >= 11 is 3.74. The zero-order chi connectivity index (χ0) is 11.4. The molecule has 0 spiro atoms. The van der Waals surface area contributed by atoms with E-state index >= 15 is 0 Å². The number of anilines is 1. The van der Waals surface area contributed by atoms with Crippen LogP contribution in [-0.2, 0) is 6.61 Å². The van der Waals surface area contributed by atoms with E-state index in [-0.39, 0.29) is 0 Å². The van der Waals surface area contributed by atoms with Crippen molar-refractivity contribution in [2.24, 2.45) is 5.84 Å². The monoisotopic (exact) mass is 347 g/mol. The molecule has 0 aliphatic carbocycles. The average molecular weight is 347 g/mol. The van der Waals surface area contributed by atoms with Crippen LogP contribution in [0.15, 0.2) is 30.5 Å². The summed E-state index contributed by atoms with van der Waals surface area (Å²) in [5.41, 5.74) is 2.51. The van der Waals surface area contributed by atoms with Gasteiger partial charge in [-0.3, -0.25) is 5.43 Å². The van der Waals surface area contributed by atoms with Gasteiger partial charge in [0.2, 0.25) is 0 Å². The Hall–Kier alpha value is -0.860. The summed E-state index contributed by atoms with van der Waals surface area (Å²) < 4.78 is 6.78. The number of hydrogen-bond acceptors (Lipinski definition) is 5. The molecule has 84 valence electrons. The van der Waals surface area contributed by atoms with Crippen LogP contribution in [0.4, 0.5) is 5.13 Å². The minimum atomic E-state index is 0.513. The van der Waals surface area contributed by atoms with Gasteiger partial charge in [-0.05, 0) is 40.8 Å². The van der Waals surface area contributed by atoms with Gasteiger partial charge in [0.05, 0.1) is 4.88 Å². The molecule has 3 N–H and O–H groups in total. The number of aromatic nitrogens is 1. The van der Waals surface area contributed by atoms with Crippen LogP contribution in [0.25, 0.3) is 0 Å². The van der Waals surface area contributed by atoms with Crippen molar-refractivity contribution in [3.05, 3.63) is 38.9 Å². The molecule has 0 radical (unpaired) electrons. The van der Waals surface area contributed by atoms with Crippen LogP contribution in [0.5, 0.6) is 5.75 Å². The lowest BCUT2D eigenvalue weighted by Gasteiger charge is -2.03. The third-order valence-electron chi connectivity index (χ3n) is 1.85. The first kappa shape index (κ1) is 11.6. The molecule has 0 fully saturated rings. The number of thiazole rings is 1. The topological polar surface area (TPSA) is 60.2 Å². The van der Waals surface area contributed by atoms with Crippen molar-refractivity contribution in [2.75, 3.05) is 5.43 Å². The number of nitrogens with two attached hydrogens (primary N) is 1. The van der Waals surface area contributed by atoms with Crippen LogP contribution in [-0.4, -0.2) is 4.98 Å². The number of hydrazine groups is 1. The molecule has 2 aromatic rings. The Balaban J connectivity index is 1.96. The molecule has 0 amide bonds. The van der Waals surface area contributed by atoms with Crippen LogP contribution in [0, 0.1) is 3.57 Å². The summed E-state index contributed by atoms with van der Waals surface area (Å²) in [6.07, 6.45) is 1.76. The minimum Gasteiger partial charge on any atom is -0.488 e. The summed E-state index contributed by atoms with van der Waals surface area (Å²) in [6.45, 7) is 0.513. The molecule has 0 saturated heterocycles. The zero-order valence-electron chi connectivity index (χ0n) is 8.31. The molecule has 0 aliphatic heterocycles. The van der Waals surface area contributed by atoms with Gasteiger partial charge in [0.15, 0.2) is 5.13 Å². The van der Waals surface area contributed by atoms with E-state index < -0.39 is 0 Å². The SMILES string of the molecule is NNc1ncc(COc2cccc(I)c2)s1. The molecule has 0 bridgehead atoms. The molecule has 0 saturated carbocycles. The van der Waals surface area contributed by atoms with E-state index in [4.69, 9.17) is 10.6 Å². The van der Waals surface area contributed by atoms with Crippen LogP contribution < -0.4 is 16.0 Å². The van der Waals surface area contributed by atoms with Crippen molar-refractivity contribution in [1.29, 1.82) is 0 Å². The summed E-state index contributed by atoms with van der Waals surface area (Å²) in [6, 6.07) is 7.92. The molecule has 1 aromatic carbocycles. The van der Waals surface area contributed by atoms with E-state index in [2.05, 4.69) is 33.0 Å². The van der Waals surface area contributed by atoms with Crippen molar-refractivity contribution in [1.82, 2.24) is 4.98 Å². The van der Waals surface area contributed by atoms with E-state index in [1.807, 2.05) is 24.3 Å². The predicted molar refractivity (Wildman–Crippen MR) is 73.4 cm³/mol. The van der Waals surface area contributed by atoms with Crippen molar-refractivity contribution < 1.29 is 4.74 Å². The van der Waals surface area contributed by atoms with Crippen LogP contribution in [0.2, 0.25) is 0 Å². The second kappa shape index (κ2) is 5.46. The highest BCUT2D eigenvalue weighted by Crippen LogP contribution is 2.20.